The normalized spacial score (nSPS) is 22.2. The Morgan fingerprint density at radius 2 is 2.42 bits per heavy atom. The largest absolute Gasteiger partial charge is 0.364 e. The van der Waals surface area contributed by atoms with Gasteiger partial charge in [0.05, 0.1) is 0 Å². The summed E-state index contributed by atoms with van der Waals surface area (Å²) in [5.41, 5.74) is 1.74. The lowest BCUT2D eigenvalue weighted by molar-refractivity contribution is 0.00698. The minimum absolute atomic E-state index is 0.422. The van der Waals surface area contributed by atoms with E-state index in [0.717, 1.165) is 6.54 Å². The van der Waals surface area contributed by atoms with Gasteiger partial charge in [-0.2, -0.15) is 0 Å². The van der Waals surface area contributed by atoms with Gasteiger partial charge < -0.3 is 4.98 Å². The number of hydrogen-bond donors (Lipinski definition) is 1. The first-order valence-corrected chi connectivity index (χ1v) is 4.56. The van der Waals surface area contributed by atoms with Gasteiger partial charge in [0, 0.05) is 30.5 Å². The molecule has 0 unspecified atom stereocenters. The number of likely N-dealkylation sites (tertiary alicyclic amines) is 1. The van der Waals surface area contributed by atoms with Crippen LogP contribution in [-0.4, -0.2) is 22.0 Å². The van der Waals surface area contributed by atoms with Gasteiger partial charge in [-0.05, 0) is 32.4 Å². The summed E-state index contributed by atoms with van der Waals surface area (Å²) < 4.78 is 0. The summed E-state index contributed by atoms with van der Waals surface area (Å²) in [6.07, 6.45) is 3.32. The van der Waals surface area contributed by atoms with Crippen LogP contribution in [0.3, 0.4) is 0 Å². The van der Waals surface area contributed by atoms with Crippen LogP contribution in [0, 0.1) is 0 Å². The third-order valence-corrected chi connectivity index (χ3v) is 2.87. The second-order valence-corrected chi connectivity index (χ2v) is 4.18. The summed E-state index contributed by atoms with van der Waals surface area (Å²) in [4.78, 5) is 5.73. The topological polar surface area (TPSA) is 19.0 Å². The second-order valence-electron chi connectivity index (χ2n) is 4.18. The smallest absolute Gasteiger partial charge is 0.0390 e. The van der Waals surface area contributed by atoms with Crippen LogP contribution in [-0.2, 0) is 6.54 Å². The fourth-order valence-electron chi connectivity index (χ4n) is 1.68. The molecule has 2 heterocycles. The maximum Gasteiger partial charge on any atom is 0.0390 e. The summed E-state index contributed by atoms with van der Waals surface area (Å²) in [7, 11) is 0. The highest BCUT2D eigenvalue weighted by Crippen LogP contribution is 2.30. The van der Waals surface area contributed by atoms with Crippen molar-refractivity contribution in [3.8, 4) is 0 Å². The van der Waals surface area contributed by atoms with Gasteiger partial charge in [0.2, 0.25) is 0 Å². The lowest BCUT2D eigenvalue weighted by Crippen LogP contribution is -2.54. The van der Waals surface area contributed by atoms with Gasteiger partial charge >= 0.3 is 0 Å². The number of aromatic amines is 1. The quantitative estimate of drug-likeness (QED) is 0.708. The number of aromatic nitrogens is 1. The molecule has 0 aromatic carbocycles. The van der Waals surface area contributed by atoms with E-state index in [4.69, 9.17) is 0 Å². The first-order chi connectivity index (χ1) is 5.68. The highest BCUT2D eigenvalue weighted by Gasteiger charge is 2.35. The van der Waals surface area contributed by atoms with Crippen LogP contribution in [0.4, 0.5) is 0 Å². The first kappa shape index (κ1) is 7.87. The van der Waals surface area contributed by atoms with Crippen LogP contribution in [0.5, 0.6) is 0 Å². The van der Waals surface area contributed by atoms with E-state index in [1.54, 1.807) is 0 Å². The van der Waals surface area contributed by atoms with Crippen molar-refractivity contribution in [2.45, 2.75) is 32.4 Å². The molecule has 2 nitrogen and oxygen atoms in total. The lowest BCUT2D eigenvalue weighted by atomic mass is 9.89. The minimum atomic E-state index is 0.422. The molecule has 0 amide bonds. The van der Waals surface area contributed by atoms with Gasteiger partial charge in [0.1, 0.15) is 0 Å². The molecule has 1 aliphatic rings. The Labute approximate surface area is 73.6 Å². The third-order valence-electron chi connectivity index (χ3n) is 2.87. The van der Waals surface area contributed by atoms with Crippen molar-refractivity contribution in [2.24, 2.45) is 0 Å². The molecule has 1 saturated heterocycles. The van der Waals surface area contributed by atoms with Gasteiger partial charge in [-0.3, -0.25) is 4.90 Å². The zero-order chi connectivity index (χ0) is 8.60. The number of hydrogen-bond acceptors (Lipinski definition) is 1. The molecule has 0 spiro atoms. The van der Waals surface area contributed by atoms with Crippen molar-refractivity contribution in [1.82, 2.24) is 9.88 Å². The van der Waals surface area contributed by atoms with Gasteiger partial charge in [-0.1, -0.05) is 0 Å². The van der Waals surface area contributed by atoms with E-state index in [0.29, 0.717) is 5.54 Å². The van der Waals surface area contributed by atoms with E-state index in [-0.39, 0.29) is 0 Å². The van der Waals surface area contributed by atoms with Crippen molar-refractivity contribution >= 4 is 0 Å². The second kappa shape index (κ2) is 2.63. The highest BCUT2D eigenvalue weighted by atomic mass is 15.2. The molecule has 0 saturated carbocycles. The van der Waals surface area contributed by atoms with Crippen LogP contribution >= 0.6 is 0 Å². The molecule has 0 aliphatic carbocycles. The van der Waals surface area contributed by atoms with E-state index >= 15 is 0 Å². The SMILES string of the molecule is CC1(C)CCN1Cc1ccc[nH]1. The van der Waals surface area contributed by atoms with E-state index in [2.05, 4.69) is 35.9 Å². The monoisotopic (exact) mass is 164 g/mol. The average molecular weight is 164 g/mol. The fourth-order valence-corrected chi connectivity index (χ4v) is 1.68. The summed E-state index contributed by atoms with van der Waals surface area (Å²) in [5, 5.41) is 0. The molecular formula is C10H16N2. The molecule has 1 aromatic rings. The Balaban J connectivity index is 1.97. The molecule has 0 radical (unpaired) electrons. The Morgan fingerprint density at radius 3 is 2.83 bits per heavy atom. The predicted molar refractivity (Wildman–Crippen MR) is 49.9 cm³/mol. The Morgan fingerprint density at radius 1 is 1.58 bits per heavy atom. The van der Waals surface area contributed by atoms with Crippen LogP contribution in [0.15, 0.2) is 18.3 Å². The zero-order valence-corrected chi connectivity index (χ0v) is 7.80. The summed E-state index contributed by atoms with van der Waals surface area (Å²) in [6.45, 7) is 6.92. The van der Waals surface area contributed by atoms with Crippen molar-refractivity contribution in [3.63, 3.8) is 0 Å². The fraction of sp³-hybridized carbons (Fsp3) is 0.600. The maximum absolute atomic E-state index is 3.23. The van der Waals surface area contributed by atoms with E-state index in [1.807, 2.05) is 6.20 Å². The van der Waals surface area contributed by atoms with Gasteiger partial charge in [0.15, 0.2) is 0 Å². The summed E-state index contributed by atoms with van der Waals surface area (Å²) in [6, 6.07) is 4.20. The van der Waals surface area contributed by atoms with Crippen molar-refractivity contribution in [3.05, 3.63) is 24.0 Å². The molecule has 66 valence electrons. The third kappa shape index (κ3) is 1.27. The van der Waals surface area contributed by atoms with E-state index < -0.39 is 0 Å². The van der Waals surface area contributed by atoms with Crippen LogP contribution in [0.25, 0.3) is 0 Å². The van der Waals surface area contributed by atoms with Crippen molar-refractivity contribution in [1.29, 1.82) is 0 Å². The number of rotatable bonds is 2. The van der Waals surface area contributed by atoms with Crippen LogP contribution < -0.4 is 0 Å². The summed E-state index contributed by atoms with van der Waals surface area (Å²) in [5.74, 6) is 0. The van der Waals surface area contributed by atoms with Crippen LogP contribution in [0.2, 0.25) is 0 Å². The maximum atomic E-state index is 3.23. The molecule has 0 atom stereocenters. The molecule has 1 aliphatic heterocycles. The molecule has 12 heavy (non-hydrogen) atoms. The molecule has 2 rings (SSSR count). The first-order valence-electron chi connectivity index (χ1n) is 4.56. The number of H-pyrrole nitrogens is 1. The molecule has 1 aromatic heterocycles. The van der Waals surface area contributed by atoms with E-state index in [9.17, 15) is 0 Å². The zero-order valence-electron chi connectivity index (χ0n) is 7.80. The highest BCUT2D eigenvalue weighted by molar-refractivity contribution is 5.06. The Bertz CT molecular complexity index is 249. The van der Waals surface area contributed by atoms with E-state index in [1.165, 1.54) is 18.7 Å². The van der Waals surface area contributed by atoms with Crippen LogP contribution in [0.1, 0.15) is 26.0 Å². The van der Waals surface area contributed by atoms with Gasteiger partial charge in [0.25, 0.3) is 0 Å². The molecule has 0 bridgehead atoms. The Kier molecular flexibility index (Phi) is 1.72. The summed E-state index contributed by atoms with van der Waals surface area (Å²) >= 11 is 0. The standard InChI is InChI=1S/C10H16N2/c1-10(2)5-7-12(10)8-9-4-3-6-11-9/h3-4,6,11H,5,7-8H2,1-2H3. The molecule has 1 N–H and O–H groups in total. The average Bonchev–Trinajstić information content (AvgIpc) is 2.50. The lowest BCUT2D eigenvalue weighted by Gasteiger charge is -2.48. The van der Waals surface area contributed by atoms with Crippen molar-refractivity contribution in [2.75, 3.05) is 6.54 Å². The van der Waals surface area contributed by atoms with Gasteiger partial charge in [-0.25, -0.2) is 0 Å². The minimum Gasteiger partial charge on any atom is -0.364 e. The number of nitrogens with zero attached hydrogens (tertiary/aromatic N) is 1. The molecule has 2 heteroatoms. The molecule has 1 fully saturated rings. The number of nitrogens with one attached hydrogen (secondary N) is 1. The van der Waals surface area contributed by atoms with Gasteiger partial charge in [-0.15, -0.1) is 0 Å². The molecular weight excluding hydrogens is 148 g/mol. The predicted octanol–water partition coefficient (Wildman–Crippen LogP) is 2.00. The Hall–Kier alpha value is -0.760. The van der Waals surface area contributed by atoms with Crippen molar-refractivity contribution < 1.29 is 0 Å².